The molecule has 0 saturated carbocycles. The number of anilines is 2. The van der Waals surface area contributed by atoms with Crippen LogP contribution in [0.3, 0.4) is 0 Å². The molecule has 4 N–H and O–H groups in total. The third kappa shape index (κ3) is 5.70. The Morgan fingerprint density at radius 2 is 1.71 bits per heavy atom. The van der Waals surface area contributed by atoms with Crippen molar-refractivity contribution in [3.05, 3.63) is 88.8 Å². The predicted molar refractivity (Wildman–Crippen MR) is 164 cm³/mol. The van der Waals surface area contributed by atoms with Crippen LogP contribution in [0.2, 0.25) is 0 Å². The molecule has 0 fully saturated rings. The van der Waals surface area contributed by atoms with E-state index in [0.29, 0.717) is 41.3 Å². The molecule has 0 radical (unpaired) electrons. The van der Waals surface area contributed by atoms with Crippen LogP contribution in [0.15, 0.2) is 66.4 Å². The fourth-order valence-electron chi connectivity index (χ4n) is 5.00. The number of Topliss-reactive ketones (excluding diaryl/α,β-unsaturated/α-hetero) is 1. The number of rotatable bonds is 9. The Morgan fingerprint density at radius 1 is 0.976 bits per heavy atom. The zero-order chi connectivity index (χ0) is 29.8. The summed E-state index contributed by atoms with van der Waals surface area (Å²) in [6, 6.07) is 16.9. The van der Waals surface area contributed by atoms with E-state index in [1.165, 1.54) is 0 Å². The molecule has 1 aliphatic rings. The van der Waals surface area contributed by atoms with Gasteiger partial charge in [0.15, 0.2) is 5.76 Å². The molecule has 4 aromatic rings. The van der Waals surface area contributed by atoms with E-state index in [9.17, 15) is 14.4 Å². The fraction of sp³-hybridized carbons (Fsp3) is 0.219. The van der Waals surface area contributed by atoms with Crippen molar-refractivity contribution in [2.24, 2.45) is 0 Å². The molecule has 1 aliphatic heterocycles. The summed E-state index contributed by atoms with van der Waals surface area (Å²) in [6.45, 7) is 6.06. The van der Waals surface area contributed by atoms with E-state index < -0.39 is 6.03 Å². The number of allylic oxidation sites excluding steroid dienone is 1. The van der Waals surface area contributed by atoms with Gasteiger partial charge in [0.1, 0.15) is 11.5 Å². The van der Waals surface area contributed by atoms with E-state index in [-0.39, 0.29) is 17.4 Å². The molecule has 0 aliphatic carbocycles. The minimum Gasteiger partial charge on any atom is -0.497 e. The SMILES string of the molecule is CCn1c(C)c(C=C2Oc3ccc(NC(=O)Nc4ccc(C(=O)NCCNC)cc4)cc3C2=O)c2cc(OC)ccc21. The number of aromatic nitrogens is 1. The first-order chi connectivity index (χ1) is 20.3. The van der Waals surface area contributed by atoms with Crippen molar-refractivity contribution < 1.29 is 23.9 Å². The summed E-state index contributed by atoms with van der Waals surface area (Å²) >= 11 is 0. The third-order valence-electron chi connectivity index (χ3n) is 7.16. The number of fused-ring (bicyclic) bond motifs is 2. The second-order valence-corrected chi connectivity index (χ2v) is 9.79. The first kappa shape index (κ1) is 28.4. The molecule has 216 valence electrons. The molecule has 0 bridgehead atoms. The quantitative estimate of drug-likeness (QED) is 0.163. The number of likely N-dealkylation sites (N-methyl/N-ethyl adjacent to an activating group) is 1. The van der Waals surface area contributed by atoms with Gasteiger partial charge < -0.3 is 35.3 Å². The average Bonchev–Trinajstić information content (AvgIpc) is 3.45. The molecule has 1 aromatic heterocycles. The summed E-state index contributed by atoms with van der Waals surface area (Å²) in [6.07, 6.45) is 1.77. The van der Waals surface area contributed by atoms with Crippen LogP contribution < -0.4 is 30.7 Å². The van der Waals surface area contributed by atoms with Gasteiger partial charge in [0.2, 0.25) is 5.78 Å². The number of ketones is 1. The third-order valence-corrected chi connectivity index (χ3v) is 7.16. The van der Waals surface area contributed by atoms with Gasteiger partial charge in [0, 0.05) is 58.7 Å². The summed E-state index contributed by atoms with van der Waals surface area (Å²) in [4.78, 5) is 38.2. The van der Waals surface area contributed by atoms with Gasteiger partial charge in [0.25, 0.3) is 5.91 Å². The molecule has 10 heteroatoms. The topological polar surface area (TPSA) is 123 Å². The van der Waals surface area contributed by atoms with Crippen LogP contribution in [-0.2, 0) is 6.54 Å². The highest BCUT2D eigenvalue weighted by Crippen LogP contribution is 2.36. The highest BCUT2D eigenvalue weighted by atomic mass is 16.5. The molecule has 0 saturated heterocycles. The van der Waals surface area contributed by atoms with E-state index in [1.807, 2.05) is 32.2 Å². The number of carbonyl (C=O) groups excluding carboxylic acids is 3. The van der Waals surface area contributed by atoms with Crippen molar-refractivity contribution in [1.82, 2.24) is 15.2 Å². The van der Waals surface area contributed by atoms with Crippen LogP contribution in [-0.4, -0.2) is 49.5 Å². The number of urea groups is 1. The van der Waals surface area contributed by atoms with Gasteiger partial charge in [-0.05, 0) is 87.6 Å². The fourth-order valence-corrected chi connectivity index (χ4v) is 5.00. The molecule has 0 unspecified atom stereocenters. The number of hydrogen-bond donors (Lipinski definition) is 4. The standard InChI is InChI=1S/C32H33N5O5/c1-5-37-19(2)24(25-17-23(41-4)11-12-27(25)37)18-29-30(38)26-16-22(10-13-28(26)42-29)36-32(40)35-21-8-6-20(7-9-21)31(39)34-15-14-33-3/h6-13,16-18,33H,5,14-15H2,1-4H3,(H,34,39)(H2,35,36,40). The van der Waals surface area contributed by atoms with Crippen LogP contribution >= 0.6 is 0 Å². The maximum Gasteiger partial charge on any atom is 0.323 e. The largest absolute Gasteiger partial charge is 0.497 e. The van der Waals surface area contributed by atoms with Gasteiger partial charge in [-0.15, -0.1) is 0 Å². The van der Waals surface area contributed by atoms with Gasteiger partial charge in [-0.3, -0.25) is 9.59 Å². The minimum absolute atomic E-state index is 0.189. The smallest absolute Gasteiger partial charge is 0.323 e. The minimum atomic E-state index is -0.486. The number of aryl methyl sites for hydroxylation is 1. The highest BCUT2D eigenvalue weighted by Gasteiger charge is 2.29. The molecule has 3 amide bonds. The van der Waals surface area contributed by atoms with Gasteiger partial charge in [-0.25, -0.2) is 4.79 Å². The molecule has 0 spiro atoms. The number of amides is 3. The Kier molecular flexibility index (Phi) is 8.26. The first-order valence-corrected chi connectivity index (χ1v) is 13.7. The second-order valence-electron chi connectivity index (χ2n) is 9.79. The molecular formula is C32H33N5O5. The maximum atomic E-state index is 13.4. The molecular weight excluding hydrogens is 534 g/mol. The van der Waals surface area contributed by atoms with E-state index in [4.69, 9.17) is 9.47 Å². The number of nitrogens with one attached hydrogen (secondary N) is 4. The molecule has 42 heavy (non-hydrogen) atoms. The number of ether oxygens (including phenoxy) is 2. The number of hydrogen-bond acceptors (Lipinski definition) is 6. The van der Waals surface area contributed by atoms with Gasteiger partial charge in [-0.1, -0.05) is 0 Å². The Morgan fingerprint density at radius 3 is 2.43 bits per heavy atom. The summed E-state index contributed by atoms with van der Waals surface area (Å²) in [5.74, 6) is 0.911. The lowest BCUT2D eigenvalue weighted by Gasteiger charge is -2.09. The second kappa shape index (κ2) is 12.2. The van der Waals surface area contributed by atoms with Gasteiger partial charge in [0.05, 0.1) is 12.7 Å². The monoisotopic (exact) mass is 567 g/mol. The number of carbonyl (C=O) groups is 3. The van der Waals surface area contributed by atoms with Gasteiger partial charge >= 0.3 is 6.03 Å². The van der Waals surface area contributed by atoms with Crippen molar-refractivity contribution >= 4 is 46.1 Å². The van der Waals surface area contributed by atoms with Crippen LogP contribution in [0.25, 0.3) is 17.0 Å². The van der Waals surface area contributed by atoms with Crippen LogP contribution in [0.1, 0.15) is 38.9 Å². The predicted octanol–water partition coefficient (Wildman–Crippen LogP) is 5.19. The lowest BCUT2D eigenvalue weighted by Crippen LogP contribution is -2.30. The summed E-state index contributed by atoms with van der Waals surface area (Å²) in [5.41, 5.74) is 4.76. The van der Waals surface area contributed by atoms with Crippen molar-refractivity contribution in [3.63, 3.8) is 0 Å². The lowest BCUT2D eigenvalue weighted by atomic mass is 10.1. The van der Waals surface area contributed by atoms with Crippen molar-refractivity contribution in [1.29, 1.82) is 0 Å². The normalized spacial score (nSPS) is 13.1. The maximum absolute atomic E-state index is 13.4. The van der Waals surface area contributed by atoms with Crippen molar-refractivity contribution in [2.45, 2.75) is 20.4 Å². The number of benzene rings is 3. The lowest BCUT2D eigenvalue weighted by molar-refractivity contribution is 0.0953. The Balaban J connectivity index is 1.29. The van der Waals surface area contributed by atoms with Crippen molar-refractivity contribution in [3.8, 4) is 11.5 Å². The Hall–Kier alpha value is -5.09. The van der Waals surface area contributed by atoms with E-state index in [0.717, 1.165) is 34.5 Å². The first-order valence-electron chi connectivity index (χ1n) is 13.7. The highest BCUT2D eigenvalue weighted by molar-refractivity contribution is 6.16. The van der Waals surface area contributed by atoms with E-state index >= 15 is 0 Å². The van der Waals surface area contributed by atoms with Crippen LogP contribution in [0.5, 0.6) is 11.5 Å². The molecule has 2 heterocycles. The van der Waals surface area contributed by atoms with Crippen LogP contribution in [0.4, 0.5) is 16.2 Å². The zero-order valence-electron chi connectivity index (χ0n) is 24.0. The number of nitrogens with zero attached hydrogens (tertiary/aromatic N) is 1. The Labute approximate surface area is 243 Å². The van der Waals surface area contributed by atoms with E-state index in [2.05, 4.69) is 32.8 Å². The molecule has 5 rings (SSSR count). The van der Waals surface area contributed by atoms with Crippen LogP contribution in [0, 0.1) is 6.92 Å². The summed E-state index contributed by atoms with van der Waals surface area (Å²) in [7, 11) is 3.44. The molecule has 0 atom stereocenters. The van der Waals surface area contributed by atoms with Crippen molar-refractivity contribution in [2.75, 3.05) is 37.9 Å². The van der Waals surface area contributed by atoms with Gasteiger partial charge in [-0.2, -0.15) is 0 Å². The summed E-state index contributed by atoms with van der Waals surface area (Å²) < 4.78 is 13.6. The molecule has 3 aromatic carbocycles. The van der Waals surface area contributed by atoms with E-state index in [1.54, 1.807) is 55.7 Å². The molecule has 10 nitrogen and oxygen atoms in total. The Bertz CT molecular complexity index is 1700. The average molecular weight is 568 g/mol. The summed E-state index contributed by atoms with van der Waals surface area (Å²) in [5, 5.41) is 12.2. The number of methoxy groups -OCH3 is 1. The zero-order valence-corrected chi connectivity index (χ0v) is 24.0.